The van der Waals surface area contributed by atoms with Crippen molar-refractivity contribution in [3.63, 3.8) is 0 Å². The van der Waals surface area contributed by atoms with Crippen molar-refractivity contribution in [3.05, 3.63) is 0 Å². The van der Waals surface area contributed by atoms with Gasteiger partial charge in [0.05, 0.1) is 12.1 Å². The lowest BCUT2D eigenvalue weighted by atomic mass is 9.87. The molecule has 12 heavy (non-hydrogen) atoms. The van der Waals surface area contributed by atoms with Gasteiger partial charge in [0, 0.05) is 0 Å². The quantitative estimate of drug-likeness (QED) is 0.571. The van der Waals surface area contributed by atoms with Gasteiger partial charge in [-0.2, -0.15) is 5.26 Å². The standard InChI is InChI=1S/C8H15N3O/c1-8(2,3)6(10)7(12)11-5-4-9/h6H,5,10H2,1-3H3,(H,11,12)/t6-/m0/s1. The van der Waals surface area contributed by atoms with Crippen molar-refractivity contribution in [1.82, 2.24) is 5.32 Å². The van der Waals surface area contributed by atoms with Gasteiger partial charge in [-0.15, -0.1) is 0 Å². The molecule has 0 aromatic rings. The van der Waals surface area contributed by atoms with Crippen LogP contribution in [0.15, 0.2) is 0 Å². The van der Waals surface area contributed by atoms with Gasteiger partial charge in [0.1, 0.15) is 6.54 Å². The fourth-order valence-electron chi connectivity index (χ4n) is 0.630. The molecule has 0 saturated heterocycles. The summed E-state index contributed by atoms with van der Waals surface area (Å²) in [6, 6.07) is 1.25. The van der Waals surface area contributed by atoms with E-state index in [0.717, 1.165) is 0 Å². The molecule has 0 aliphatic rings. The van der Waals surface area contributed by atoms with E-state index in [-0.39, 0.29) is 17.9 Å². The molecule has 4 heteroatoms. The molecule has 0 aliphatic carbocycles. The summed E-state index contributed by atoms with van der Waals surface area (Å²) in [7, 11) is 0. The summed E-state index contributed by atoms with van der Waals surface area (Å²) in [6.07, 6.45) is 0. The van der Waals surface area contributed by atoms with Crippen LogP contribution in [0.4, 0.5) is 0 Å². The van der Waals surface area contributed by atoms with E-state index in [1.54, 1.807) is 0 Å². The van der Waals surface area contributed by atoms with Crippen LogP contribution in [0.1, 0.15) is 20.8 Å². The second kappa shape index (κ2) is 4.07. The molecule has 0 radical (unpaired) electrons. The number of hydrogen-bond donors (Lipinski definition) is 2. The van der Waals surface area contributed by atoms with Crippen molar-refractivity contribution in [2.75, 3.05) is 6.54 Å². The Balaban J connectivity index is 4.04. The van der Waals surface area contributed by atoms with E-state index in [1.165, 1.54) is 0 Å². The first-order valence-corrected chi connectivity index (χ1v) is 3.80. The smallest absolute Gasteiger partial charge is 0.238 e. The van der Waals surface area contributed by atoms with Crippen LogP contribution in [0.5, 0.6) is 0 Å². The van der Waals surface area contributed by atoms with Crippen molar-refractivity contribution in [2.45, 2.75) is 26.8 Å². The highest BCUT2D eigenvalue weighted by atomic mass is 16.2. The maximum absolute atomic E-state index is 11.2. The topological polar surface area (TPSA) is 78.9 Å². The van der Waals surface area contributed by atoms with Crippen LogP contribution >= 0.6 is 0 Å². The van der Waals surface area contributed by atoms with Crippen LogP contribution in [0.25, 0.3) is 0 Å². The van der Waals surface area contributed by atoms with E-state index >= 15 is 0 Å². The van der Waals surface area contributed by atoms with Crippen LogP contribution < -0.4 is 11.1 Å². The number of rotatable bonds is 2. The van der Waals surface area contributed by atoms with E-state index < -0.39 is 6.04 Å². The maximum atomic E-state index is 11.2. The van der Waals surface area contributed by atoms with Crippen molar-refractivity contribution in [3.8, 4) is 6.07 Å². The largest absolute Gasteiger partial charge is 0.342 e. The first kappa shape index (κ1) is 10.9. The highest BCUT2D eigenvalue weighted by Crippen LogP contribution is 2.16. The summed E-state index contributed by atoms with van der Waals surface area (Å²) in [5, 5.41) is 10.6. The number of nitrogens with zero attached hydrogens (tertiary/aromatic N) is 1. The molecule has 0 aromatic carbocycles. The Bertz CT molecular complexity index is 199. The molecular weight excluding hydrogens is 154 g/mol. The Kier molecular flexibility index (Phi) is 3.71. The Morgan fingerprint density at radius 3 is 2.50 bits per heavy atom. The summed E-state index contributed by atoms with van der Waals surface area (Å²) >= 11 is 0. The third-order valence-corrected chi connectivity index (χ3v) is 1.56. The average Bonchev–Trinajstić information content (AvgIpc) is 1.97. The number of nitriles is 1. The lowest BCUT2D eigenvalue weighted by Crippen LogP contribution is -2.48. The molecule has 3 N–H and O–H groups in total. The summed E-state index contributed by atoms with van der Waals surface area (Å²) in [4.78, 5) is 11.2. The third-order valence-electron chi connectivity index (χ3n) is 1.56. The second-order valence-corrected chi connectivity index (χ2v) is 3.72. The maximum Gasteiger partial charge on any atom is 0.238 e. The number of amides is 1. The van der Waals surface area contributed by atoms with Gasteiger partial charge in [-0.3, -0.25) is 4.79 Å². The van der Waals surface area contributed by atoms with Gasteiger partial charge in [-0.1, -0.05) is 20.8 Å². The Morgan fingerprint density at radius 1 is 1.67 bits per heavy atom. The van der Waals surface area contributed by atoms with Gasteiger partial charge < -0.3 is 11.1 Å². The van der Waals surface area contributed by atoms with Crippen molar-refractivity contribution >= 4 is 5.91 Å². The molecule has 1 amide bonds. The van der Waals surface area contributed by atoms with Gasteiger partial charge in [0.15, 0.2) is 0 Å². The molecule has 0 saturated carbocycles. The molecule has 0 aliphatic heterocycles. The minimum Gasteiger partial charge on any atom is -0.342 e. The zero-order valence-electron chi connectivity index (χ0n) is 7.72. The lowest BCUT2D eigenvalue weighted by molar-refractivity contribution is -0.124. The van der Waals surface area contributed by atoms with Gasteiger partial charge >= 0.3 is 0 Å². The molecular formula is C8H15N3O. The fourth-order valence-corrected chi connectivity index (χ4v) is 0.630. The first-order valence-electron chi connectivity index (χ1n) is 3.80. The highest BCUT2D eigenvalue weighted by Gasteiger charge is 2.26. The van der Waals surface area contributed by atoms with E-state index in [4.69, 9.17) is 11.0 Å². The second-order valence-electron chi connectivity index (χ2n) is 3.72. The number of nitrogens with two attached hydrogens (primary N) is 1. The Hall–Kier alpha value is -1.08. The minimum absolute atomic E-state index is 0.0165. The van der Waals surface area contributed by atoms with Crippen molar-refractivity contribution < 1.29 is 4.79 Å². The van der Waals surface area contributed by atoms with Gasteiger partial charge in [-0.25, -0.2) is 0 Å². The molecule has 0 bridgehead atoms. The Labute approximate surface area is 72.7 Å². The summed E-state index contributed by atoms with van der Waals surface area (Å²) < 4.78 is 0. The fraction of sp³-hybridized carbons (Fsp3) is 0.750. The average molecular weight is 169 g/mol. The predicted octanol–water partition coefficient (Wildman–Crippen LogP) is -0.000420. The number of carbonyl (C=O) groups is 1. The van der Waals surface area contributed by atoms with Crippen LogP contribution in [0.2, 0.25) is 0 Å². The number of nitrogens with one attached hydrogen (secondary N) is 1. The SMILES string of the molecule is CC(C)(C)[C@@H](N)C(=O)NCC#N. The molecule has 0 aromatic heterocycles. The van der Waals surface area contributed by atoms with E-state index in [0.29, 0.717) is 0 Å². The van der Waals surface area contributed by atoms with E-state index in [9.17, 15) is 4.79 Å². The summed E-state index contributed by atoms with van der Waals surface area (Å²) in [6.45, 7) is 5.65. The van der Waals surface area contributed by atoms with Crippen LogP contribution in [-0.2, 0) is 4.79 Å². The molecule has 0 rings (SSSR count). The number of hydrogen-bond acceptors (Lipinski definition) is 3. The predicted molar refractivity (Wildman–Crippen MR) is 46.1 cm³/mol. The van der Waals surface area contributed by atoms with Crippen molar-refractivity contribution in [2.24, 2.45) is 11.1 Å². The van der Waals surface area contributed by atoms with Crippen LogP contribution in [0.3, 0.4) is 0 Å². The Morgan fingerprint density at radius 2 is 2.17 bits per heavy atom. The van der Waals surface area contributed by atoms with Crippen LogP contribution in [-0.4, -0.2) is 18.5 Å². The molecule has 4 nitrogen and oxygen atoms in total. The number of carbonyl (C=O) groups excluding carboxylic acids is 1. The molecule has 0 fully saturated rings. The van der Waals surface area contributed by atoms with E-state index in [2.05, 4.69) is 5.32 Å². The molecule has 68 valence electrons. The highest BCUT2D eigenvalue weighted by molar-refractivity contribution is 5.82. The summed E-state index contributed by atoms with van der Waals surface area (Å²) in [5.41, 5.74) is 5.35. The molecule has 0 spiro atoms. The van der Waals surface area contributed by atoms with Crippen molar-refractivity contribution in [1.29, 1.82) is 5.26 Å². The molecule has 0 heterocycles. The van der Waals surface area contributed by atoms with E-state index in [1.807, 2.05) is 26.8 Å². The van der Waals surface area contributed by atoms with Gasteiger partial charge in [0.2, 0.25) is 5.91 Å². The van der Waals surface area contributed by atoms with Gasteiger partial charge in [-0.05, 0) is 5.41 Å². The minimum atomic E-state index is -0.564. The normalized spacial score (nSPS) is 13.2. The van der Waals surface area contributed by atoms with Crippen LogP contribution in [0, 0.1) is 16.7 Å². The molecule has 0 unspecified atom stereocenters. The first-order chi connectivity index (χ1) is 5.39. The van der Waals surface area contributed by atoms with Gasteiger partial charge in [0.25, 0.3) is 0 Å². The third kappa shape index (κ3) is 3.35. The molecule has 1 atom stereocenters. The lowest BCUT2D eigenvalue weighted by Gasteiger charge is -2.25. The zero-order valence-corrected chi connectivity index (χ0v) is 7.72. The monoisotopic (exact) mass is 169 g/mol. The zero-order chi connectivity index (χ0) is 9.78. The summed E-state index contributed by atoms with van der Waals surface area (Å²) in [5.74, 6) is -0.274.